The Bertz CT molecular complexity index is 361. The van der Waals surface area contributed by atoms with Gasteiger partial charge in [0.05, 0.1) is 6.61 Å². The van der Waals surface area contributed by atoms with Gasteiger partial charge in [-0.25, -0.2) is 0 Å². The second-order valence-corrected chi connectivity index (χ2v) is 6.78. The summed E-state index contributed by atoms with van der Waals surface area (Å²) < 4.78 is 12.2. The van der Waals surface area contributed by atoms with Gasteiger partial charge in [-0.3, -0.25) is 4.99 Å². The highest BCUT2D eigenvalue weighted by atomic mass is 16.7. The van der Waals surface area contributed by atoms with Crippen LogP contribution in [0.2, 0.25) is 0 Å². The van der Waals surface area contributed by atoms with Gasteiger partial charge in [0.15, 0.2) is 11.7 Å². The lowest BCUT2D eigenvalue weighted by molar-refractivity contribution is -0.175. The van der Waals surface area contributed by atoms with E-state index in [0.717, 1.165) is 25.3 Å². The zero-order valence-corrected chi connectivity index (χ0v) is 13.0. The molecule has 3 fully saturated rings. The summed E-state index contributed by atoms with van der Waals surface area (Å²) in [6.45, 7) is 2.23. The SMILES string of the molecule is NC(=NCC1CCC1)NCC1COC2(CCCCCC2)O1. The van der Waals surface area contributed by atoms with Gasteiger partial charge in [-0.2, -0.15) is 0 Å². The molecule has 1 spiro atoms. The van der Waals surface area contributed by atoms with Gasteiger partial charge in [0, 0.05) is 25.9 Å². The monoisotopic (exact) mass is 295 g/mol. The van der Waals surface area contributed by atoms with E-state index in [1.54, 1.807) is 0 Å². The van der Waals surface area contributed by atoms with Crippen LogP contribution in [-0.4, -0.2) is 37.5 Å². The minimum atomic E-state index is -0.305. The van der Waals surface area contributed by atoms with Crippen LogP contribution in [0.3, 0.4) is 0 Å². The molecule has 0 amide bonds. The summed E-state index contributed by atoms with van der Waals surface area (Å²) in [5, 5.41) is 3.19. The van der Waals surface area contributed by atoms with E-state index in [2.05, 4.69) is 10.3 Å². The Morgan fingerprint density at radius 2 is 1.90 bits per heavy atom. The number of aliphatic imine (C=N–C) groups is 1. The van der Waals surface area contributed by atoms with Gasteiger partial charge in [0.2, 0.25) is 0 Å². The fraction of sp³-hybridized carbons (Fsp3) is 0.938. The molecular formula is C16H29N3O2. The molecule has 0 radical (unpaired) electrons. The standard InChI is InChI=1S/C16H29N3O2/c17-15(18-10-13-6-5-7-13)19-11-14-12-20-16(21-14)8-3-1-2-4-9-16/h13-14H,1-12H2,(H3,17,18,19). The summed E-state index contributed by atoms with van der Waals surface area (Å²) >= 11 is 0. The average Bonchev–Trinajstić information content (AvgIpc) is 2.67. The molecule has 1 saturated heterocycles. The lowest BCUT2D eigenvalue weighted by Gasteiger charge is -2.26. The topological polar surface area (TPSA) is 68.9 Å². The molecule has 120 valence electrons. The Kier molecular flexibility index (Phi) is 5.01. The quantitative estimate of drug-likeness (QED) is 0.616. The predicted octanol–water partition coefficient (Wildman–Crippen LogP) is 2.16. The number of nitrogens with one attached hydrogen (secondary N) is 1. The predicted molar refractivity (Wildman–Crippen MR) is 83.1 cm³/mol. The largest absolute Gasteiger partial charge is 0.370 e. The molecule has 1 heterocycles. The third kappa shape index (κ3) is 4.10. The van der Waals surface area contributed by atoms with E-state index in [9.17, 15) is 0 Å². The molecule has 0 aromatic heterocycles. The van der Waals surface area contributed by atoms with Crippen molar-refractivity contribution in [3.63, 3.8) is 0 Å². The number of ether oxygens (including phenoxy) is 2. The highest BCUT2D eigenvalue weighted by Crippen LogP contribution is 2.36. The summed E-state index contributed by atoms with van der Waals surface area (Å²) in [5.74, 6) is 0.999. The van der Waals surface area contributed by atoms with Gasteiger partial charge in [-0.15, -0.1) is 0 Å². The van der Waals surface area contributed by atoms with E-state index in [1.165, 1.54) is 44.9 Å². The molecular weight excluding hydrogens is 266 g/mol. The molecule has 1 unspecified atom stereocenters. The molecule has 3 rings (SSSR count). The summed E-state index contributed by atoms with van der Waals surface area (Å²) in [6, 6.07) is 0. The van der Waals surface area contributed by atoms with Crippen LogP contribution in [0.25, 0.3) is 0 Å². The highest BCUT2D eigenvalue weighted by molar-refractivity contribution is 5.77. The minimum Gasteiger partial charge on any atom is -0.370 e. The minimum absolute atomic E-state index is 0.0977. The average molecular weight is 295 g/mol. The Morgan fingerprint density at radius 3 is 2.57 bits per heavy atom. The van der Waals surface area contributed by atoms with Crippen molar-refractivity contribution in [2.45, 2.75) is 69.7 Å². The smallest absolute Gasteiger partial charge is 0.188 e. The van der Waals surface area contributed by atoms with Crippen LogP contribution >= 0.6 is 0 Å². The number of hydrogen-bond donors (Lipinski definition) is 2. The van der Waals surface area contributed by atoms with Gasteiger partial charge in [-0.1, -0.05) is 19.3 Å². The first-order chi connectivity index (χ1) is 10.3. The summed E-state index contributed by atoms with van der Waals surface area (Å²) in [7, 11) is 0. The molecule has 0 bridgehead atoms. The molecule has 3 aliphatic rings. The summed E-state index contributed by atoms with van der Waals surface area (Å²) in [6.07, 6.45) is 11.2. The van der Waals surface area contributed by atoms with Gasteiger partial charge >= 0.3 is 0 Å². The molecule has 0 aromatic rings. The van der Waals surface area contributed by atoms with Gasteiger partial charge in [-0.05, 0) is 31.6 Å². The Labute approximate surface area is 127 Å². The van der Waals surface area contributed by atoms with Crippen molar-refractivity contribution in [3.8, 4) is 0 Å². The van der Waals surface area contributed by atoms with Crippen molar-refractivity contribution >= 4 is 5.96 Å². The van der Waals surface area contributed by atoms with E-state index < -0.39 is 0 Å². The summed E-state index contributed by atoms with van der Waals surface area (Å²) in [5.41, 5.74) is 5.92. The zero-order valence-electron chi connectivity index (χ0n) is 13.0. The lowest BCUT2D eigenvalue weighted by Crippen LogP contribution is -2.40. The van der Waals surface area contributed by atoms with E-state index >= 15 is 0 Å². The highest BCUT2D eigenvalue weighted by Gasteiger charge is 2.41. The van der Waals surface area contributed by atoms with Crippen LogP contribution in [0.4, 0.5) is 0 Å². The molecule has 2 aliphatic carbocycles. The van der Waals surface area contributed by atoms with Crippen molar-refractivity contribution in [3.05, 3.63) is 0 Å². The van der Waals surface area contributed by atoms with Crippen molar-refractivity contribution in [1.82, 2.24) is 5.32 Å². The van der Waals surface area contributed by atoms with Crippen molar-refractivity contribution < 1.29 is 9.47 Å². The number of nitrogens with two attached hydrogens (primary N) is 1. The second-order valence-electron chi connectivity index (χ2n) is 6.78. The molecule has 1 atom stereocenters. The maximum Gasteiger partial charge on any atom is 0.188 e. The molecule has 21 heavy (non-hydrogen) atoms. The maximum absolute atomic E-state index is 6.18. The van der Waals surface area contributed by atoms with E-state index in [0.29, 0.717) is 19.1 Å². The zero-order chi connectivity index (χ0) is 14.5. The third-order valence-corrected chi connectivity index (χ3v) is 5.03. The van der Waals surface area contributed by atoms with Crippen LogP contribution < -0.4 is 11.1 Å². The fourth-order valence-electron chi connectivity index (χ4n) is 3.42. The maximum atomic E-state index is 6.18. The third-order valence-electron chi connectivity index (χ3n) is 5.03. The normalized spacial score (nSPS) is 30.1. The second kappa shape index (κ2) is 6.97. The molecule has 3 N–H and O–H groups in total. The van der Waals surface area contributed by atoms with Crippen LogP contribution in [-0.2, 0) is 9.47 Å². The molecule has 2 saturated carbocycles. The number of hydrogen-bond acceptors (Lipinski definition) is 3. The molecule has 5 heteroatoms. The van der Waals surface area contributed by atoms with Gasteiger partial charge in [0.25, 0.3) is 0 Å². The molecule has 0 aromatic carbocycles. The molecule has 1 aliphatic heterocycles. The first kappa shape index (κ1) is 15.1. The van der Waals surface area contributed by atoms with Crippen LogP contribution in [0.5, 0.6) is 0 Å². The fourth-order valence-corrected chi connectivity index (χ4v) is 3.42. The van der Waals surface area contributed by atoms with Crippen molar-refractivity contribution in [2.75, 3.05) is 19.7 Å². The van der Waals surface area contributed by atoms with E-state index in [4.69, 9.17) is 15.2 Å². The van der Waals surface area contributed by atoms with Gasteiger partial charge < -0.3 is 20.5 Å². The van der Waals surface area contributed by atoms with Crippen molar-refractivity contribution in [1.29, 1.82) is 0 Å². The molecule has 5 nitrogen and oxygen atoms in total. The van der Waals surface area contributed by atoms with Crippen molar-refractivity contribution in [2.24, 2.45) is 16.6 Å². The Hall–Kier alpha value is -0.810. The summed E-state index contributed by atoms with van der Waals surface area (Å²) in [4.78, 5) is 4.41. The van der Waals surface area contributed by atoms with E-state index in [1.807, 2.05) is 0 Å². The lowest BCUT2D eigenvalue weighted by atomic mass is 9.86. The number of rotatable bonds is 4. The number of nitrogens with zero attached hydrogens (tertiary/aromatic N) is 1. The van der Waals surface area contributed by atoms with Gasteiger partial charge in [0.1, 0.15) is 6.10 Å². The van der Waals surface area contributed by atoms with Crippen LogP contribution in [0.1, 0.15) is 57.8 Å². The van der Waals surface area contributed by atoms with Crippen LogP contribution in [0, 0.1) is 5.92 Å². The Balaban J connectivity index is 1.39. The number of guanidine groups is 1. The van der Waals surface area contributed by atoms with Crippen LogP contribution in [0.15, 0.2) is 4.99 Å². The first-order valence-corrected chi connectivity index (χ1v) is 8.61. The first-order valence-electron chi connectivity index (χ1n) is 8.61. The Morgan fingerprint density at radius 1 is 1.14 bits per heavy atom. The van der Waals surface area contributed by atoms with E-state index in [-0.39, 0.29) is 11.9 Å².